The van der Waals surface area contributed by atoms with Crippen LogP contribution < -0.4 is 21.8 Å². The molecule has 0 bridgehead atoms. The van der Waals surface area contributed by atoms with E-state index in [1.165, 1.54) is 4.52 Å². The predicted molar refractivity (Wildman–Crippen MR) is 101 cm³/mol. The van der Waals surface area contributed by atoms with Crippen molar-refractivity contribution in [2.75, 3.05) is 18.5 Å². The predicted octanol–water partition coefficient (Wildman–Crippen LogP) is -1.11. The molecule has 0 aromatic carbocycles. The molecule has 4 rings (SSSR count). The monoisotopic (exact) mass is 386 g/mol. The van der Waals surface area contributed by atoms with Crippen molar-refractivity contribution in [1.82, 2.24) is 29.5 Å². The summed E-state index contributed by atoms with van der Waals surface area (Å²) in [5.74, 6) is 0.111. The van der Waals surface area contributed by atoms with Crippen LogP contribution in [0.3, 0.4) is 0 Å². The second kappa shape index (κ2) is 6.75. The Hall–Kier alpha value is -3.21. The molecule has 11 nitrogen and oxygen atoms in total. The number of imidazole rings is 1. The molecule has 11 heteroatoms. The topological polar surface area (TPSA) is 157 Å². The fourth-order valence-corrected chi connectivity index (χ4v) is 2.53. The first-order valence-corrected chi connectivity index (χ1v) is 9.02. The molecule has 0 saturated heterocycles. The highest BCUT2D eigenvalue weighted by Gasteiger charge is 2.21. The summed E-state index contributed by atoms with van der Waals surface area (Å²) in [5, 5.41) is 27.3. The summed E-state index contributed by atoms with van der Waals surface area (Å²) in [6.45, 7) is 4.35. The highest BCUT2D eigenvalue weighted by molar-refractivity contribution is 5.57. The smallest absolute Gasteiger partial charge is 0.326 e. The van der Waals surface area contributed by atoms with Crippen LogP contribution in [0.1, 0.15) is 32.4 Å². The quantitative estimate of drug-likeness (QED) is 0.359. The molecule has 1 aliphatic rings. The zero-order valence-corrected chi connectivity index (χ0v) is 15.6. The molecule has 28 heavy (non-hydrogen) atoms. The first kappa shape index (κ1) is 18.2. The summed E-state index contributed by atoms with van der Waals surface area (Å²) in [4.78, 5) is 29.7. The van der Waals surface area contributed by atoms with Gasteiger partial charge in [-0.2, -0.15) is 19.6 Å². The van der Waals surface area contributed by atoms with E-state index in [2.05, 4.69) is 35.3 Å². The van der Waals surface area contributed by atoms with Crippen molar-refractivity contribution in [2.45, 2.75) is 32.7 Å². The molecule has 0 radical (unpaired) electrons. The molecule has 3 heterocycles. The van der Waals surface area contributed by atoms with E-state index in [0.29, 0.717) is 29.0 Å². The van der Waals surface area contributed by atoms with Crippen LogP contribution in [0, 0.1) is 5.41 Å². The van der Waals surface area contributed by atoms with Gasteiger partial charge in [0.1, 0.15) is 5.69 Å². The SMILES string of the molecule is CC(C)(CO)CNc1nc(=NC2CC2)n2nc/c(=C/c3[nH]c(=O)[nH]c3O)c2n1. The first-order valence-electron chi connectivity index (χ1n) is 9.02. The van der Waals surface area contributed by atoms with Crippen molar-refractivity contribution in [2.24, 2.45) is 10.4 Å². The van der Waals surface area contributed by atoms with Gasteiger partial charge >= 0.3 is 5.69 Å². The number of nitrogens with one attached hydrogen (secondary N) is 3. The molecule has 3 aromatic heterocycles. The van der Waals surface area contributed by atoms with E-state index in [1.807, 2.05) is 13.8 Å². The van der Waals surface area contributed by atoms with Crippen molar-refractivity contribution < 1.29 is 10.2 Å². The number of aliphatic hydroxyl groups is 1. The van der Waals surface area contributed by atoms with E-state index in [-0.39, 0.29) is 29.6 Å². The van der Waals surface area contributed by atoms with Crippen LogP contribution in [0.5, 0.6) is 5.88 Å². The number of nitrogens with zero attached hydrogens (tertiary/aromatic N) is 5. The summed E-state index contributed by atoms with van der Waals surface area (Å²) in [6.07, 6.45) is 5.18. The van der Waals surface area contributed by atoms with Gasteiger partial charge in [-0.05, 0) is 18.9 Å². The number of aromatic hydroxyl groups is 1. The normalized spacial score (nSPS) is 16.2. The highest BCUT2D eigenvalue weighted by atomic mass is 16.3. The Morgan fingerprint density at radius 1 is 1.39 bits per heavy atom. The Labute approximate surface area is 158 Å². The van der Waals surface area contributed by atoms with Crippen molar-refractivity contribution >= 4 is 17.7 Å². The summed E-state index contributed by atoms with van der Waals surface area (Å²) < 4.78 is 1.54. The average molecular weight is 386 g/mol. The molecule has 1 aliphatic carbocycles. The Balaban J connectivity index is 1.83. The Morgan fingerprint density at radius 2 is 2.18 bits per heavy atom. The molecule has 0 amide bonds. The minimum Gasteiger partial charge on any atom is -0.493 e. The zero-order chi connectivity index (χ0) is 19.9. The third-order valence-electron chi connectivity index (χ3n) is 4.41. The zero-order valence-electron chi connectivity index (χ0n) is 15.6. The maximum absolute atomic E-state index is 11.4. The molecule has 1 fully saturated rings. The van der Waals surface area contributed by atoms with Gasteiger partial charge in [0.2, 0.25) is 11.8 Å². The fourth-order valence-electron chi connectivity index (χ4n) is 2.53. The third-order valence-corrected chi connectivity index (χ3v) is 4.41. The van der Waals surface area contributed by atoms with E-state index >= 15 is 0 Å². The largest absolute Gasteiger partial charge is 0.493 e. The standard InChI is InChI=1S/C17H22N8O3/c1-17(2,8-26)7-18-14-22-12-9(5-11-13(27)23-16(28)21-11)6-19-25(12)15(24-14)20-10-3-4-10/h5-6,10,26-27H,3-4,7-8H2,1-2H3,(H,18,20,24)(H2,21,23,28)/b9-5-. The number of aromatic nitrogens is 6. The van der Waals surface area contributed by atoms with Gasteiger partial charge in [-0.15, -0.1) is 0 Å². The van der Waals surface area contributed by atoms with E-state index in [0.717, 1.165) is 12.8 Å². The molecule has 0 atom stereocenters. The second-order valence-electron chi connectivity index (χ2n) is 7.70. The van der Waals surface area contributed by atoms with Crippen LogP contribution in [0.15, 0.2) is 16.0 Å². The number of fused-ring (bicyclic) bond motifs is 1. The van der Waals surface area contributed by atoms with Crippen LogP contribution in [-0.2, 0) is 0 Å². The number of aromatic amines is 2. The lowest BCUT2D eigenvalue weighted by atomic mass is 9.95. The molecular formula is C17H22N8O3. The van der Waals surface area contributed by atoms with Crippen LogP contribution in [0.4, 0.5) is 5.95 Å². The molecular weight excluding hydrogens is 364 g/mol. The number of hydrogen-bond acceptors (Lipinski definition) is 8. The minimum atomic E-state index is -0.507. The highest BCUT2D eigenvalue weighted by Crippen LogP contribution is 2.22. The summed E-state index contributed by atoms with van der Waals surface area (Å²) in [5.41, 5.74) is 0.306. The van der Waals surface area contributed by atoms with Crippen molar-refractivity contribution in [1.29, 1.82) is 0 Å². The van der Waals surface area contributed by atoms with E-state index in [4.69, 9.17) is 0 Å². The number of hydrogen-bond donors (Lipinski definition) is 5. The molecule has 0 unspecified atom stereocenters. The number of H-pyrrole nitrogens is 2. The van der Waals surface area contributed by atoms with Crippen molar-refractivity contribution in [3.05, 3.63) is 33.2 Å². The number of rotatable bonds is 6. The minimum absolute atomic E-state index is 0.0212. The number of aliphatic hydroxyl groups excluding tert-OH is 1. The number of anilines is 1. The van der Waals surface area contributed by atoms with Gasteiger partial charge in [0.15, 0.2) is 5.65 Å². The average Bonchev–Trinajstić information content (AvgIpc) is 3.29. The maximum Gasteiger partial charge on any atom is 0.326 e. The van der Waals surface area contributed by atoms with Gasteiger partial charge in [0, 0.05) is 23.8 Å². The summed E-state index contributed by atoms with van der Waals surface area (Å²) >= 11 is 0. The second-order valence-corrected chi connectivity index (χ2v) is 7.70. The molecule has 0 spiro atoms. The lowest BCUT2D eigenvalue weighted by Gasteiger charge is -2.21. The first-order chi connectivity index (χ1) is 13.3. The van der Waals surface area contributed by atoms with Gasteiger partial charge in [0.25, 0.3) is 5.62 Å². The summed E-state index contributed by atoms with van der Waals surface area (Å²) in [7, 11) is 0. The Bertz CT molecular complexity index is 1190. The van der Waals surface area contributed by atoms with Gasteiger partial charge in [-0.3, -0.25) is 4.98 Å². The van der Waals surface area contributed by atoms with E-state index in [1.54, 1.807) is 12.3 Å². The molecule has 0 aliphatic heterocycles. The third kappa shape index (κ3) is 3.74. The molecule has 148 valence electrons. The van der Waals surface area contributed by atoms with Gasteiger partial charge in [-0.25, -0.2) is 9.79 Å². The molecule has 5 N–H and O–H groups in total. The Kier molecular flexibility index (Phi) is 4.38. The van der Waals surface area contributed by atoms with Crippen LogP contribution >= 0.6 is 0 Å². The summed E-state index contributed by atoms with van der Waals surface area (Å²) in [6, 6.07) is 0.238. The fraction of sp³-hybridized carbons (Fsp3) is 0.471. The van der Waals surface area contributed by atoms with Gasteiger partial charge < -0.3 is 20.5 Å². The van der Waals surface area contributed by atoms with Crippen LogP contribution in [-0.4, -0.2) is 59.0 Å². The molecule has 3 aromatic rings. The van der Waals surface area contributed by atoms with Crippen LogP contribution in [0.2, 0.25) is 0 Å². The maximum atomic E-state index is 11.4. The van der Waals surface area contributed by atoms with Gasteiger partial charge in [0.05, 0.1) is 12.2 Å². The van der Waals surface area contributed by atoms with Gasteiger partial charge in [-0.1, -0.05) is 13.8 Å². The Morgan fingerprint density at radius 3 is 2.82 bits per heavy atom. The van der Waals surface area contributed by atoms with E-state index < -0.39 is 5.69 Å². The van der Waals surface area contributed by atoms with Crippen LogP contribution in [0.25, 0.3) is 11.7 Å². The lowest BCUT2D eigenvalue weighted by Crippen LogP contribution is -2.30. The molecule has 1 saturated carbocycles. The lowest BCUT2D eigenvalue weighted by molar-refractivity contribution is 0.170. The van der Waals surface area contributed by atoms with Crippen molar-refractivity contribution in [3.8, 4) is 5.88 Å². The van der Waals surface area contributed by atoms with Crippen molar-refractivity contribution in [3.63, 3.8) is 0 Å². The van der Waals surface area contributed by atoms with E-state index in [9.17, 15) is 15.0 Å².